The van der Waals surface area contributed by atoms with Crippen LogP contribution in [0.2, 0.25) is 0 Å². The van der Waals surface area contributed by atoms with E-state index in [1.54, 1.807) is 18.6 Å². The molecule has 3 aromatic rings. The average Bonchev–Trinajstić information content (AvgIpc) is 2.70. The first-order valence-corrected chi connectivity index (χ1v) is 8.86. The molecule has 2 N–H and O–H groups in total. The van der Waals surface area contributed by atoms with Crippen LogP contribution in [0.4, 0.5) is 23.1 Å². The Morgan fingerprint density at radius 1 is 0.885 bits per heavy atom. The Morgan fingerprint density at radius 2 is 1.62 bits per heavy atom. The molecular formula is C20H24N6. The maximum atomic E-state index is 4.51. The summed E-state index contributed by atoms with van der Waals surface area (Å²) in [6, 6.07) is 14.2. The van der Waals surface area contributed by atoms with E-state index in [1.165, 1.54) is 5.69 Å². The minimum Gasteiger partial charge on any atom is -0.372 e. The van der Waals surface area contributed by atoms with Gasteiger partial charge in [0.1, 0.15) is 5.82 Å². The summed E-state index contributed by atoms with van der Waals surface area (Å²) in [5.74, 6) is 1.35. The van der Waals surface area contributed by atoms with Gasteiger partial charge in [0.15, 0.2) is 0 Å². The van der Waals surface area contributed by atoms with E-state index in [1.807, 2.05) is 18.2 Å². The second kappa shape index (κ2) is 8.80. The molecule has 1 aromatic carbocycles. The fourth-order valence-electron chi connectivity index (χ4n) is 2.69. The number of rotatable bonds is 8. The van der Waals surface area contributed by atoms with E-state index < -0.39 is 0 Å². The van der Waals surface area contributed by atoms with Gasteiger partial charge in [0, 0.05) is 49.6 Å². The highest BCUT2D eigenvalue weighted by atomic mass is 15.1. The molecule has 0 saturated heterocycles. The van der Waals surface area contributed by atoms with Gasteiger partial charge in [-0.3, -0.25) is 4.98 Å². The summed E-state index contributed by atoms with van der Waals surface area (Å²) in [5, 5.41) is 6.55. The second-order valence-electron chi connectivity index (χ2n) is 5.82. The molecule has 0 aliphatic heterocycles. The van der Waals surface area contributed by atoms with Gasteiger partial charge < -0.3 is 15.5 Å². The predicted octanol–water partition coefficient (Wildman–Crippen LogP) is 4.07. The Morgan fingerprint density at radius 3 is 2.31 bits per heavy atom. The molecule has 134 valence electrons. The van der Waals surface area contributed by atoms with Crippen LogP contribution in [0.15, 0.2) is 61.1 Å². The van der Waals surface area contributed by atoms with Gasteiger partial charge in [-0.05, 0) is 61.9 Å². The smallest absolute Gasteiger partial charge is 0.224 e. The molecule has 0 unspecified atom stereocenters. The first-order chi connectivity index (χ1) is 12.8. The molecule has 0 amide bonds. The normalized spacial score (nSPS) is 10.4. The van der Waals surface area contributed by atoms with Crippen LogP contribution in [0.1, 0.15) is 19.4 Å². The second-order valence-corrected chi connectivity index (χ2v) is 5.82. The van der Waals surface area contributed by atoms with Gasteiger partial charge >= 0.3 is 0 Å². The van der Waals surface area contributed by atoms with Crippen LogP contribution in [0.25, 0.3) is 0 Å². The monoisotopic (exact) mass is 348 g/mol. The first kappa shape index (κ1) is 17.7. The summed E-state index contributed by atoms with van der Waals surface area (Å²) in [4.78, 5) is 15.1. The highest BCUT2D eigenvalue weighted by molar-refractivity contribution is 5.61. The van der Waals surface area contributed by atoms with Crippen LogP contribution in [-0.4, -0.2) is 28.0 Å². The lowest BCUT2D eigenvalue weighted by Gasteiger charge is -2.21. The van der Waals surface area contributed by atoms with Gasteiger partial charge in [0.05, 0.1) is 0 Å². The van der Waals surface area contributed by atoms with E-state index in [-0.39, 0.29) is 0 Å². The fraction of sp³-hybridized carbons (Fsp3) is 0.250. The van der Waals surface area contributed by atoms with Gasteiger partial charge in [0.2, 0.25) is 5.95 Å². The minimum atomic E-state index is 0.589. The lowest BCUT2D eigenvalue weighted by atomic mass is 10.2. The molecule has 6 nitrogen and oxygen atoms in total. The Labute approximate surface area is 154 Å². The minimum absolute atomic E-state index is 0.589. The highest BCUT2D eigenvalue weighted by Gasteiger charge is 2.03. The molecule has 0 radical (unpaired) electrons. The standard InChI is InChI=1S/C20H24N6/c1-3-26(4-2)18-7-5-17(6-8-18)24-19-11-14-22-20(25-19)23-15-16-9-12-21-13-10-16/h5-14H,3-4,15H2,1-2H3,(H2,22,23,24,25). The number of pyridine rings is 1. The topological polar surface area (TPSA) is 66.0 Å². The fourth-order valence-corrected chi connectivity index (χ4v) is 2.69. The van der Waals surface area contributed by atoms with Gasteiger partial charge in [-0.25, -0.2) is 4.98 Å². The number of benzene rings is 1. The average molecular weight is 348 g/mol. The van der Waals surface area contributed by atoms with Crippen molar-refractivity contribution >= 4 is 23.1 Å². The molecule has 0 atom stereocenters. The Bertz CT molecular complexity index is 800. The zero-order valence-electron chi connectivity index (χ0n) is 15.2. The van der Waals surface area contributed by atoms with Gasteiger partial charge in [-0.2, -0.15) is 4.98 Å². The first-order valence-electron chi connectivity index (χ1n) is 8.86. The zero-order valence-corrected chi connectivity index (χ0v) is 15.2. The van der Waals surface area contributed by atoms with Crippen molar-refractivity contribution in [2.24, 2.45) is 0 Å². The summed E-state index contributed by atoms with van der Waals surface area (Å²) in [6.45, 7) is 6.99. The number of hydrogen-bond acceptors (Lipinski definition) is 6. The van der Waals surface area contributed by atoms with Crippen LogP contribution in [0, 0.1) is 0 Å². The van der Waals surface area contributed by atoms with Gasteiger partial charge in [-0.1, -0.05) is 0 Å². The summed E-state index contributed by atoms with van der Waals surface area (Å²) < 4.78 is 0. The highest BCUT2D eigenvalue weighted by Crippen LogP contribution is 2.20. The Kier molecular flexibility index (Phi) is 5.98. The Hall–Kier alpha value is -3.15. The Balaban J connectivity index is 1.63. The van der Waals surface area contributed by atoms with Crippen LogP contribution < -0.4 is 15.5 Å². The van der Waals surface area contributed by atoms with E-state index in [9.17, 15) is 0 Å². The van der Waals surface area contributed by atoms with Crippen LogP contribution in [-0.2, 0) is 6.54 Å². The van der Waals surface area contributed by atoms with E-state index in [0.29, 0.717) is 12.5 Å². The number of anilines is 4. The molecular weight excluding hydrogens is 324 g/mol. The SMILES string of the molecule is CCN(CC)c1ccc(Nc2ccnc(NCc3ccncc3)n2)cc1. The maximum Gasteiger partial charge on any atom is 0.224 e. The van der Waals surface area contributed by atoms with Gasteiger partial charge in [-0.15, -0.1) is 0 Å². The lowest BCUT2D eigenvalue weighted by molar-refractivity contribution is 0.866. The van der Waals surface area contributed by atoms with Crippen molar-refractivity contribution < 1.29 is 0 Å². The quantitative estimate of drug-likeness (QED) is 0.640. The van der Waals surface area contributed by atoms with Crippen LogP contribution in [0.3, 0.4) is 0 Å². The van der Waals surface area contributed by atoms with E-state index in [2.05, 4.69) is 68.6 Å². The predicted molar refractivity (Wildman–Crippen MR) is 107 cm³/mol. The number of aromatic nitrogens is 3. The van der Waals surface area contributed by atoms with Crippen molar-refractivity contribution in [3.8, 4) is 0 Å². The van der Waals surface area contributed by atoms with Crippen molar-refractivity contribution in [3.05, 3.63) is 66.6 Å². The third-order valence-corrected chi connectivity index (χ3v) is 4.12. The lowest BCUT2D eigenvalue weighted by Crippen LogP contribution is -2.21. The summed E-state index contributed by atoms with van der Waals surface area (Å²) in [5.41, 5.74) is 3.36. The molecule has 6 heteroatoms. The number of nitrogens with one attached hydrogen (secondary N) is 2. The summed E-state index contributed by atoms with van der Waals surface area (Å²) in [6.07, 6.45) is 5.30. The molecule has 0 saturated carbocycles. The molecule has 3 rings (SSSR count). The molecule has 2 aromatic heterocycles. The molecule has 2 heterocycles. The van der Waals surface area contributed by atoms with Gasteiger partial charge in [0.25, 0.3) is 0 Å². The third kappa shape index (κ3) is 4.69. The van der Waals surface area contributed by atoms with Crippen molar-refractivity contribution in [1.29, 1.82) is 0 Å². The molecule has 0 bridgehead atoms. The molecule has 0 aliphatic carbocycles. The molecule has 26 heavy (non-hydrogen) atoms. The van der Waals surface area contributed by atoms with Crippen LogP contribution >= 0.6 is 0 Å². The summed E-state index contributed by atoms with van der Waals surface area (Å²) in [7, 11) is 0. The van der Waals surface area contributed by atoms with Crippen molar-refractivity contribution in [2.45, 2.75) is 20.4 Å². The summed E-state index contributed by atoms with van der Waals surface area (Å²) >= 11 is 0. The molecule has 0 aliphatic rings. The molecule has 0 fully saturated rings. The van der Waals surface area contributed by atoms with Crippen molar-refractivity contribution in [2.75, 3.05) is 28.6 Å². The third-order valence-electron chi connectivity index (χ3n) is 4.12. The van der Waals surface area contributed by atoms with Crippen molar-refractivity contribution in [1.82, 2.24) is 15.0 Å². The number of hydrogen-bond donors (Lipinski definition) is 2. The van der Waals surface area contributed by atoms with E-state index in [0.717, 1.165) is 30.2 Å². The van der Waals surface area contributed by atoms with E-state index >= 15 is 0 Å². The van der Waals surface area contributed by atoms with E-state index in [4.69, 9.17) is 0 Å². The van der Waals surface area contributed by atoms with Crippen LogP contribution in [0.5, 0.6) is 0 Å². The number of nitrogens with zero attached hydrogens (tertiary/aromatic N) is 4. The zero-order chi connectivity index (χ0) is 18.2. The largest absolute Gasteiger partial charge is 0.372 e. The molecule has 0 spiro atoms. The maximum absolute atomic E-state index is 4.51. The van der Waals surface area contributed by atoms with Crippen molar-refractivity contribution in [3.63, 3.8) is 0 Å².